The zero-order valence-electron chi connectivity index (χ0n) is 16.4. The van der Waals surface area contributed by atoms with Crippen molar-refractivity contribution in [1.82, 2.24) is 10.2 Å². The van der Waals surface area contributed by atoms with Crippen LogP contribution in [0.1, 0.15) is 42.5 Å². The van der Waals surface area contributed by atoms with Crippen LogP contribution in [0.4, 0.5) is 0 Å². The monoisotopic (exact) mass is 431 g/mol. The minimum atomic E-state index is -3.73. The van der Waals surface area contributed by atoms with Crippen molar-refractivity contribution < 1.29 is 18.0 Å². The van der Waals surface area contributed by atoms with Gasteiger partial charge in [0.25, 0.3) is 5.91 Å². The topological polar surface area (TPSA) is 110 Å². The van der Waals surface area contributed by atoms with Crippen LogP contribution in [0.3, 0.4) is 0 Å². The van der Waals surface area contributed by atoms with Gasteiger partial charge < -0.3 is 16.0 Å². The van der Waals surface area contributed by atoms with Crippen LogP contribution in [0.25, 0.3) is 0 Å². The number of hydrogen-bond donors (Lipinski definition) is 2. The van der Waals surface area contributed by atoms with Crippen molar-refractivity contribution >= 4 is 34.1 Å². The Bertz CT molecular complexity index is 760. The molecule has 1 unspecified atom stereocenters. The number of amides is 2. The fourth-order valence-electron chi connectivity index (χ4n) is 3.35. The van der Waals surface area contributed by atoms with Gasteiger partial charge in [-0.1, -0.05) is 19.3 Å². The third-order valence-corrected chi connectivity index (χ3v) is 6.69. The van der Waals surface area contributed by atoms with Crippen LogP contribution in [0.2, 0.25) is 0 Å². The molecule has 0 saturated heterocycles. The summed E-state index contributed by atoms with van der Waals surface area (Å²) in [5.41, 5.74) is 6.23. The van der Waals surface area contributed by atoms with E-state index >= 15 is 0 Å². The summed E-state index contributed by atoms with van der Waals surface area (Å²) in [5.74, 6) is -0.952. The van der Waals surface area contributed by atoms with E-state index in [1.807, 2.05) is 0 Å². The van der Waals surface area contributed by atoms with Gasteiger partial charge in [-0.3, -0.25) is 9.59 Å². The summed E-state index contributed by atoms with van der Waals surface area (Å²) in [7, 11) is -0.724. The molecular formula is C19H30ClN3O4S. The highest BCUT2D eigenvalue weighted by Gasteiger charge is 2.25. The molecule has 1 aromatic carbocycles. The van der Waals surface area contributed by atoms with Crippen molar-refractivity contribution in [2.45, 2.75) is 43.0 Å². The molecule has 1 saturated carbocycles. The van der Waals surface area contributed by atoms with Gasteiger partial charge in [0.05, 0.1) is 4.90 Å². The lowest BCUT2D eigenvalue weighted by molar-refractivity contribution is -0.125. The first-order valence-corrected chi connectivity index (χ1v) is 10.9. The maximum Gasteiger partial charge on any atom is 0.251 e. The summed E-state index contributed by atoms with van der Waals surface area (Å²) >= 11 is 0. The van der Waals surface area contributed by atoms with Gasteiger partial charge in [0.2, 0.25) is 5.91 Å². The third-order valence-electron chi connectivity index (χ3n) is 5.08. The second-order valence-electron chi connectivity index (χ2n) is 7.29. The predicted octanol–water partition coefficient (Wildman–Crippen LogP) is 1.61. The highest BCUT2D eigenvalue weighted by Crippen LogP contribution is 2.26. The van der Waals surface area contributed by atoms with Crippen LogP contribution in [0.15, 0.2) is 29.2 Å². The molecule has 28 heavy (non-hydrogen) atoms. The Morgan fingerprint density at radius 2 is 1.71 bits per heavy atom. The van der Waals surface area contributed by atoms with Crippen LogP contribution in [0.5, 0.6) is 0 Å². The minimum Gasteiger partial charge on any atom is -0.348 e. The van der Waals surface area contributed by atoms with Gasteiger partial charge in [0, 0.05) is 32.2 Å². The molecule has 2 amide bonds. The summed E-state index contributed by atoms with van der Waals surface area (Å²) in [5, 5.41) is 2.98. The molecule has 0 heterocycles. The molecular weight excluding hydrogens is 402 g/mol. The fourth-order valence-corrected chi connectivity index (χ4v) is 4.65. The number of rotatable bonds is 7. The van der Waals surface area contributed by atoms with Gasteiger partial charge in [-0.25, -0.2) is 8.42 Å². The van der Waals surface area contributed by atoms with E-state index in [1.54, 1.807) is 0 Å². The SMILES string of the molecule is CN(C)C(=O)CS(=O)(=O)c1ccc(C(=O)NC(CN)C2CCCCC2)cc1.Cl. The Morgan fingerprint density at radius 3 is 2.21 bits per heavy atom. The molecule has 0 aliphatic heterocycles. The normalized spacial score (nSPS) is 16.0. The van der Waals surface area contributed by atoms with Crippen molar-refractivity contribution in [3.8, 4) is 0 Å². The van der Waals surface area contributed by atoms with Gasteiger partial charge >= 0.3 is 0 Å². The quantitative estimate of drug-likeness (QED) is 0.681. The van der Waals surface area contributed by atoms with Crippen LogP contribution in [-0.2, 0) is 14.6 Å². The molecule has 9 heteroatoms. The van der Waals surface area contributed by atoms with Crippen LogP contribution < -0.4 is 11.1 Å². The number of nitrogens with zero attached hydrogens (tertiary/aromatic N) is 1. The van der Waals surface area contributed by atoms with Gasteiger partial charge in [-0.05, 0) is 43.0 Å². The Kier molecular flexibility index (Phi) is 9.39. The van der Waals surface area contributed by atoms with E-state index in [1.165, 1.54) is 49.7 Å². The minimum absolute atomic E-state index is 0. The number of carbonyl (C=O) groups is 2. The zero-order valence-corrected chi connectivity index (χ0v) is 18.0. The van der Waals surface area contributed by atoms with Gasteiger partial charge in [-0.2, -0.15) is 0 Å². The Labute approximate surface area is 173 Å². The number of hydrogen-bond acceptors (Lipinski definition) is 5. The summed E-state index contributed by atoms with van der Waals surface area (Å²) in [6, 6.07) is 5.60. The van der Waals surface area contributed by atoms with Crippen molar-refractivity contribution in [3.63, 3.8) is 0 Å². The molecule has 1 aromatic rings. The zero-order chi connectivity index (χ0) is 20.0. The molecule has 0 radical (unpaired) electrons. The van der Waals surface area contributed by atoms with E-state index in [-0.39, 0.29) is 29.3 Å². The summed E-state index contributed by atoms with van der Waals surface area (Å²) < 4.78 is 24.6. The van der Waals surface area contributed by atoms with Crippen molar-refractivity contribution in [2.75, 3.05) is 26.4 Å². The summed E-state index contributed by atoms with van der Waals surface area (Å²) in [6.45, 7) is 0.384. The fraction of sp³-hybridized carbons (Fsp3) is 0.579. The molecule has 0 aromatic heterocycles. The Hall–Kier alpha value is -1.64. The second-order valence-corrected chi connectivity index (χ2v) is 9.27. The maximum atomic E-state index is 12.5. The van der Waals surface area contributed by atoms with E-state index < -0.39 is 21.5 Å². The first-order valence-electron chi connectivity index (χ1n) is 9.28. The van der Waals surface area contributed by atoms with Gasteiger partial charge in [0.15, 0.2) is 9.84 Å². The van der Waals surface area contributed by atoms with E-state index in [0.29, 0.717) is 18.0 Å². The number of nitrogens with two attached hydrogens (primary N) is 1. The molecule has 1 atom stereocenters. The first kappa shape index (κ1) is 24.4. The largest absolute Gasteiger partial charge is 0.348 e. The molecule has 1 fully saturated rings. The highest BCUT2D eigenvalue weighted by molar-refractivity contribution is 7.92. The van der Waals surface area contributed by atoms with Gasteiger partial charge in [-0.15, -0.1) is 12.4 Å². The van der Waals surface area contributed by atoms with E-state index in [0.717, 1.165) is 25.7 Å². The Balaban J connectivity index is 0.00000392. The molecule has 1 aliphatic carbocycles. The average Bonchev–Trinajstić information content (AvgIpc) is 2.66. The molecule has 1 aliphatic rings. The lowest BCUT2D eigenvalue weighted by Crippen LogP contribution is -2.45. The number of nitrogens with one attached hydrogen (secondary N) is 1. The van der Waals surface area contributed by atoms with E-state index in [9.17, 15) is 18.0 Å². The standard InChI is InChI=1S/C19H29N3O4S.ClH/c1-22(2)18(23)13-27(25,26)16-10-8-15(9-11-16)19(24)21-17(12-20)14-6-4-3-5-7-14;/h8-11,14,17H,3-7,12-13,20H2,1-2H3,(H,21,24);1H. The van der Waals surface area contributed by atoms with Crippen LogP contribution in [-0.4, -0.2) is 57.6 Å². The van der Waals surface area contributed by atoms with Gasteiger partial charge in [0.1, 0.15) is 5.75 Å². The first-order chi connectivity index (χ1) is 12.7. The smallest absolute Gasteiger partial charge is 0.251 e. The third kappa shape index (κ3) is 6.46. The molecule has 0 bridgehead atoms. The molecule has 3 N–H and O–H groups in total. The number of halogens is 1. The molecule has 0 spiro atoms. The lowest BCUT2D eigenvalue weighted by atomic mass is 9.84. The Morgan fingerprint density at radius 1 is 1.14 bits per heavy atom. The van der Waals surface area contributed by atoms with Crippen molar-refractivity contribution in [3.05, 3.63) is 29.8 Å². The lowest BCUT2D eigenvalue weighted by Gasteiger charge is -2.30. The highest BCUT2D eigenvalue weighted by atomic mass is 35.5. The molecule has 2 rings (SSSR count). The van der Waals surface area contributed by atoms with E-state index in [4.69, 9.17) is 5.73 Å². The number of sulfone groups is 1. The van der Waals surface area contributed by atoms with Crippen LogP contribution >= 0.6 is 12.4 Å². The number of carbonyl (C=O) groups excluding carboxylic acids is 2. The maximum absolute atomic E-state index is 12.5. The molecule has 158 valence electrons. The van der Waals surface area contributed by atoms with E-state index in [2.05, 4.69) is 5.32 Å². The van der Waals surface area contributed by atoms with Crippen molar-refractivity contribution in [1.29, 1.82) is 0 Å². The predicted molar refractivity (Wildman–Crippen MR) is 111 cm³/mol. The summed E-state index contributed by atoms with van der Waals surface area (Å²) in [4.78, 5) is 25.4. The van der Waals surface area contributed by atoms with Crippen LogP contribution in [0, 0.1) is 5.92 Å². The van der Waals surface area contributed by atoms with Crippen molar-refractivity contribution in [2.24, 2.45) is 11.7 Å². The summed E-state index contributed by atoms with van der Waals surface area (Å²) in [6.07, 6.45) is 5.69. The second kappa shape index (κ2) is 10.8. The molecule has 7 nitrogen and oxygen atoms in total. The number of benzene rings is 1. The average molecular weight is 432 g/mol.